The highest BCUT2D eigenvalue weighted by Crippen LogP contribution is 2.67. The second-order valence-corrected chi connectivity index (χ2v) is 8.21. The summed E-state index contributed by atoms with van der Waals surface area (Å²) < 4.78 is 12.2. The monoisotopic (exact) mass is 261 g/mol. The van der Waals surface area contributed by atoms with Crippen LogP contribution in [0.15, 0.2) is 4.99 Å². The number of hydrogen-bond acceptors (Lipinski definition) is 3. The van der Waals surface area contributed by atoms with Crippen molar-refractivity contribution in [2.75, 3.05) is 6.61 Å². The minimum atomic E-state index is -0.0472. The zero-order valence-corrected chi connectivity index (χ0v) is 11.9. The Balaban J connectivity index is 1.46. The van der Waals surface area contributed by atoms with E-state index in [0.717, 1.165) is 36.2 Å². The van der Waals surface area contributed by atoms with Crippen LogP contribution in [0.25, 0.3) is 0 Å². The molecule has 0 aromatic carbocycles. The molecule has 4 aliphatic carbocycles. The molecular weight excluding hydrogens is 238 g/mol. The van der Waals surface area contributed by atoms with Gasteiger partial charge >= 0.3 is 0 Å². The Morgan fingerprint density at radius 3 is 2.16 bits per heavy atom. The van der Waals surface area contributed by atoms with E-state index in [2.05, 4.69) is 13.8 Å². The molecule has 0 aromatic rings. The summed E-state index contributed by atoms with van der Waals surface area (Å²) in [7, 11) is 0. The fraction of sp³-hybridized carbons (Fsp3) is 0.938. The first kappa shape index (κ1) is 11.1. The third-order valence-electron chi connectivity index (χ3n) is 6.30. The van der Waals surface area contributed by atoms with Gasteiger partial charge in [-0.05, 0) is 69.6 Å². The number of ether oxygens (including phenoxy) is 2. The molecule has 4 bridgehead atoms. The van der Waals surface area contributed by atoms with Crippen LogP contribution in [0, 0.1) is 23.7 Å². The van der Waals surface area contributed by atoms with Crippen molar-refractivity contribution in [2.45, 2.75) is 63.2 Å². The van der Waals surface area contributed by atoms with Crippen molar-refractivity contribution in [3.63, 3.8) is 0 Å². The van der Waals surface area contributed by atoms with Crippen molar-refractivity contribution in [3.05, 3.63) is 0 Å². The van der Waals surface area contributed by atoms with E-state index in [1.807, 2.05) is 0 Å². The number of rotatable bonds is 1. The number of nitrogens with zero attached hydrogens (tertiary/aromatic N) is 1. The lowest BCUT2D eigenvalue weighted by molar-refractivity contribution is -0.0557. The number of hydrogen-bond donors (Lipinski definition) is 0. The molecule has 0 aromatic heterocycles. The minimum absolute atomic E-state index is 0.0472. The van der Waals surface area contributed by atoms with Crippen molar-refractivity contribution in [1.29, 1.82) is 0 Å². The van der Waals surface area contributed by atoms with Crippen LogP contribution >= 0.6 is 0 Å². The quantitative estimate of drug-likeness (QED) is 0.680. The third-order valence-corrected chi connectivity index (χ3v) is 6.30. The van der Waals surface area contributed by atoms with Crippen molar-refractivity contribution in [1.82, 2.24) is 0 Å². The van der Waals surface area contributed by atoms with E-state index in [1.165, 1.54) is 32.1 Å². The summed E-state index contributed by atoms with van der Waals surface area (Å²) in [4.78, 5) is 4.76. The van der Waals surface area contributed by atoms with Crippen LogP contribution in [0.4, 0.5) is 0 Å². The molecule has 0 amide bonds. The van der Waals surface area contributed by atoms with E-state index >= 15 is 0 Å². The first-order valence-electron chi connectivity index (χ1n) is 7.97. The van der Waals surface area contributed by atoms with Crippen LogP contribution in [0.1, 0.15) is 46.0 Å². The molecule has 6 rings (SSSR count). The molecule has 1 unspecified atom stereocenters. The van der Waals surface area contributed by atoms with Crippen LogP contribution in [-0.4, -0.2) is 29.7 Å². The zero-order valence-electron chi connectivity index (χ0n) is 11.9. The highest BCUT2D eigenvalue weighted by molar-refractivity contribution is 5.87. The third kappa shape index (κ3) is 1.35. The second kappa shape index (κ2) is 3.19. The van der Waals surface area contributed by atoms with Gasteiger partial charge in [-0.2, -0.15) is 0 Å². The van der Waals surface area contributed by atoms with Gasteiger partial charge in [-0.25, -0.2) is 4.99 Å². The van der Waals surface area contributed by atoms with Gasteiger partial charge in [0.25, 0.3) is 0 Å². The fourth-order valence-electron chi connectivity index (χ4n) is 5.70. The molecule has 1 atom stereocenters. The van der Waals surface area contributed by atoms with Gasteiger partial charge in [0.1, 0.15) is 12.2 Å². The Morgan fingerprint density at radius 1 is 1.00 bits per heavy atom. The lowest BCUT2D eigenvalue weighted by atomic mass is 9.51. The summed E-state index contributed by atoms with van der Waals surface area (Å²) in [6.07, 6.45) is 7.31. The molecule has 2 heterocycles. The summed E-state index contributed by atoms with van der Waals surface area (Å²) in [5, 5.41) is 0. The molecule has 4 saturated carbocycles. The van der Waals surface area contributed by atoms with Gasteiger partial charge < -0.3 is 9.47 Å². The minimum Gasteiger partial charge on any atom is -0.476 e. The van der Waals surface area contributed by atoms with Crippen LogP contribution in [0.2, 0.25) is 0 Å². The molecule has 2 aliphatic heterocycles. The smallest absolute Gasteiger partial charge is 0.217 e. The van der Waals surface area contributed by atoms with E-state index in [0.29, 0.717) is 0 Å². The summed E-state index contributed by atoms with van der Waals surface area (Å²) >= 11 is 0. The highest BCUT2D eigenvalue weighted by atomic mass is 16.6. The zero-order chi connectivity index (χ0) is 12.8. The average molecular weight is 261 g/mol. The largest absolute Gasteiger partial charge is 0.476 e. The van der Waals surface area contributed by atoms with Crippen molar-refractivity contribution < 1.29 is 9.47 Å². The standard InChI is InChI=1S/C16H23NO2/c1-15(2)8-18-14(17-15)13-16(19-13)11-4-9-3-10(6-11)7-12(16)5-9/h9-13H,3-8H2,1-2H3. The highest BCUT2D eigenvalue weighted by Gasteiger charge is 2.73. The van der Waals surface area contributed by atoms with E-state index in [9.17, 15) is 0 Å². The van der Waals surface area contributed by atoms with Gasteiger partial charge in [0, 0.05) is 0 Å². The maximum atomic E-state index is 6.30. The molecule has 1 saturated heterocycles. The Hall–Kier alpha value is -0.570. The first-order chi connectivity index (χ1) is 9.07. The van der Waals surface area contributed by atoms with Crippen LogP contribution < -0.4 is 0 Å². The van der Waals surface area contributed by atoms with Gasteiger partial charge in [-0.3, -0.25) is 0 Å². The lowest BCUT2D eigenvalue weighted by Gasteiger charge is -2.53. The van der Waals surface area contributed by atoms with Crippen molar-refractivity contribution in [3.8, 4) is 0 Å². The van der Waals surface area contributed by atoms with Gasteiger partial charge in [0.2, 0.25) is 5.90 Å². The van der Waals surface area contributed by atoms with Crippen LogP contribution in [0.3, 0.4) is 0 Å². The predicted octanol–water partition coefficient (Wildman–Crippen LogP) is 2.79. The van der Waals surface area contributed by atoms with E-state index in [-0.39, 0.29) is 17.2 Å². The van der Waals surface area contributed by atoms with E-state index in [4.69, 9.17) is 14.5 Å². The van der Waals surface area contributed by atoms with Gasteiger partial charge in [-0.15, -0.1) is 0 Å². The molecule has 0 radical (unpaired) electrons. The molecule has 5 fully saturated rings. The van der Waals surface area contributed by atoms with Crippen molar-refractivity contribution in [2.24, 2.45) is 28.7 Å². The SMILES string of the molecule is CC1(C)COC(C2OC23C2CC4CC(C2)CC3C4)=N1. The summed E-state index contributed by atoms with van der Waals surface area (Å²) in [5.74, 6) is 4.51. The summed E-state index contributed by atoms with van der Waals surface area (Å²) in [5.41, 5.74) is 0.0983. The Kier molecular flexibility index (Phi) is 1.87. The van der Waals surface area contributed by atoms with Gasteiger partial charge in [0.15, 0.2) is 6.10 Å². The fourth-order valence-corrected chi connectivity index (χ4v) is 5.70. The molecule has 3 heteroatoms. The average Bonchev–Trinajstić information content (AvgIpc) is 2.98. The topological polar surface area (TPSA) is 34.1 Å². The molecule has 19 heavy (non-hydrogen) atoms. The Bertz CT molecular complexity index is 439. The normalized spacial score (nSPS) is 56.3. The molecule has 1 spiro atoms. The van der Waals surface area contributed by atoms with E-state index < -0.39 is 0 Å². The maximum Gasteiger partial charge on any atom is 0.217 e. The first-order valence-corrected chi connectivity index (χ1v) is 7.97. The second-order valence-electron chi connectivity index (χ2n) is 8.21. The number of aliphatic imine (C=N–C) groups is 1. The van der Waals surface area contributed by atoms with Crippen molar-refractivity contribution >= 4 is 5.90 Å². The Labute approximate surface area is 114 Å². The molecule has 104 valence electrons. The van der Waals surface area contributed by atoms with E-state index in [1.54, 1.807) is 0 Å². The van der Waals surface area contributed by atoms with Gasteiger partial charge in [-0.1, -0.05) is 0 Å². The summed E-state index contributed by atoms with van der Waals surface area (Å²) in [6.45, 7) is 5.01. The lowest BCUT2D eigenvalue weighted by Crippen LogP contribution is -2.52. The molecular formula is C16H23NO2. The molecule has 6 aliphatic rings. The number of epoxide rings is 1. The Morgan fingerprint density at radius 2 is 1.63 bits per heavy atom. The van der Waals surface area contributed by atoms with Crippen LogP contribution in [-0.2, 0) is 9.47 Å². The summed E-state index contributed by atoms with van der Waals surface area (Å²) in [6, 6.07) is 0. The molecule has 0 N–H and O–H groups in total. The maximum absolute atomic E-state index is 6.30. The van der Waals surface area contributed by atoms with Gasteiger partial charge in [0.05, 0.1) is 5.54 Å². The van der Waals surface area contributed by atoms with Crippen LogP contribution in [0.5, 0.6) is 0 Å². The molecule has 3 nitrogen and oxygen atoms in total. The predicted molar refractivity (Wildman–Crippen MR) is 72.1 cm³/mol.